The summed E-state index contributed by atoms with van der Waals surface area (Å²) in [7, 11) is 0. The molecule has 0 saturated heterocycles. The molecule has 0 aliphatic rings. The second-order valence-electron chi connectivity index (χ2n) is 4.03. The second-order valence-corrected chi connectivity index (χ2v) is 4.88. The smallest absolute Gasteiger partial charge is 0.338 e. The Hall–Kier alpha value is -1.20. The molecule has 0 aliphatic carbocycles. The Kier molecular flexibility index (Phi) is 6.01. The number of anilines is 1. The number of benzene rings is 1. The Bertz CT molecular complexity index is 407. The Balaban J connectivity index is 2.72. The summed E-state index contributed by atoms with van der Waals surface area (Å²) in [6, 6.07) is 5.44. The zero-order valence-electron chi connectivity index (χ0n) is 10.9. The first-order valence-electron chi connectivity index (χ1n) is 5.82. The van der Waals surface area contributed by atoms with Crippen molar-refractivity contribution in [3.63, 3.8) is 0 Å². The van der Waals surface area contributed by atoms with Gasteiger partial charge in [-0.05, 0) is 32.2 Å². The number of hydrogen-bond acceptors (Lipinski definition) is 4. The molecular formula is C13H19NO3S. The number of thioether (sulfide) groups is 1. The van der Waals surface area contributed by atoms with Crippen LogP contribution in [0, 0.1) is 0 Å². The maximum absolute atomic E-state index is 11.3. The fourth-order valence-electron chi connectivity index (χ4n) is 1.55. The average molecular weight is 269 g/mol. The van der Waals surface area contributed by atoms with Crippen LogP contribution < -0.4 is 5.32 Å². The van der Waals surface area contributed by atoms with E-state index in [-0.39, 0.29) is 6.10 Å². The third-order valence-corrected chi connectivity index (χ3v) is 3.11. The van der Waals surface area contributed by atoms with Crippen molar-refractivity contribution in [3.8, 4) is 0 Å². The van der Waals surface area contributed by atoms with Crippen LogP contribution in [-0.2, 0) is 4.74 Å². The van der Waals surface area contributed by atoms with Crippen molar-refractivity contribution in [2.45, 2.75) is 24.8 Å². The Morgan fingerprint density at radius 1 is 1.50 bits per heavy atom. The van der Waals surface area contributed by atoms with Gasteiger partial charge in [0.1, 0.15) is 0 Å². The van der Waals surface area contributed by atoms with Gasteiger partial charge in [-0.25, -0.2) is 4.79 Å². The predicted octanol–water partition coefficient (Wildman–Crippen LogP) is 2.94. The molecule has 1 aromatic carbocycles. The highest BCUT2D eigenvalue weighted by Gasteiger charge is 2.14. The molecule has 18 heavy (non-hydrogen) atoms. The summed E-state index contributed by atoms with van der Waals surface area (Å²) < 4.78 is 5.41. The maximum Gasteiger partial charge on any atom is 0.338 e. The third-order valence-electron chi connectivity index (χ3n) is 2.33. The number of carboxylic acid groups (broad SMARTS) is 1. The van der Waals surface area contributed by atoms with Crippen LogP contribution in [0.1, 0.15) is 24.2 Å². The van der Waals surface area contributed by atoms with Gasteiger partial charge < -0.3 is 15.2 Å². The SMILES string of the molecule is CSc1cccc(NCCOC(C)C)c1C(=O)O. The van der Waals surface area contributed by atoms with Crippen molar-refractivity contribution >= 4 is 23.4 Å². The lowest BCUT2D eigenvalue weighted by Crippen LogP contribution is -2.15. The first kappa shape index (κ1) is 14.9. The maximum atomic E-state index is 11.3. The Morgan fingerprint density at radius 2 is 2.22 bits per heavy atom. The highest BCUT2D eigenvalue weighted by atomic mass is 32.2. The minimum absolute atomic E-state index is 0.184. The number of nitrogens with one attached hydrogen (secondary N) is 1. The molecule has 0 radical (unpaired) electrons. The number of carbonyl (C=O) groups is 1. The van der Waals surface area contributed by atoms with Crippen LogP contribution in [0.5, 0.6) is 0 Å². The minimum atomic E-state index is -0.910. The van der Waals surface area contributed by atoms with Gasteiger partial charge in [0.2, 0.25) is 0 Å². The van der Waals surface area contributed by atoms with Crippen molar-refractivity contribution in [2.75, 3.05) is 24.7 Å². The first-order chi connectivity index (χ1) is 8.56. The molecule has 0 saturated carbocycles. The van der Waals surface area contributed by atoms with Gasteiger partial charge in [-0.2, -0.15) is 0 Å². The molecule has 0 spiro atoms. The zero-order chi connectivity index (χ0) is 13.5. The van der Waals surface area contributed by atoms with Crippen LogP contribution in [0.15, 0.2) is 23.1 Å². The molecule has 0 fully saturated rings. The summed E-state index contributed by atoms with van der Waals surface area (Å²) in [5.41, 5.74) is 0.969. The average Bonchev–Trinajstić information content (AvgIpc) is 2.33. The normalized spacial score (nSPS) is 10.7. The molecule has 2 N–H and O–H groups in total. The van der Waals surface area contributed by atoms with Gasteiger partial charge in [0.15, 0.2) is 0 Å². The van der Waals surface area contributed by atoms with Gasteiger partial charge in [-0.1, -0.05) is 6.07 Å². The molecule has 0 amide bonds. The van der Waals surface area contributed by atoms with Crippen molar-refractivity contribution in [1.82, 2.24) is 0 Å². The van der Waals surface area contributed by atoms with Crippen LogP contribution in [-0.4, -0.2) is 36.6 Å². The molecule has 0 heterocycles. The summed E-state index contributed by atoms with van der Waals surface area (Å²) in [5.74, 6) is -0.910. The summed E-state index contributed by atoms with van der Waals surface area (Å²) in [4.78, 5) is 12.0. The van der Waals surface area contributed by atoms with Crippen LogP contribution in [0.2, 0.25) is 0 Å². The highest BCUT2D eigenvalue weighted by molar-refractivity contribution is 7.98. The highest BCUT2D eigenvalue weighted by Crippen LogP contribution is 2.26. The van der Waals surface area contributed by atoms with E-state index in [9.17, 15) is 9.90 Å². The first-order valence-corrected chi connectivity index (χ1v) is 7.04. The van der Waals surface area contributed by atoms with Gasteiger partial charge in [0, 0.05) is 17.1 Å². The van der Waals surface area contributed by atoms with E-state index in [1.165, 1.54) is 11.8 Å². The quantitative estimate of drug-likeness (QED) is 0.588. The van der Waals surface area contributed by atoms with Gasteiger partial charge in [-0.15, -0.1) is 11.8 Å². The third kappa shape index (κ3) is 4.23. The lowest BCUT2D eigenvalue weighted by molar-refractivity contribution is 0.0693. The number of aromatic carboxylic acids is 1. The predicted molar refractivity (Wildman–Crippen MR) is 74.8 cm³/mol. The van der Waals surface area contributed by atoms with Crippen LogP contribution in [0.3, 0.4) is 0 Å². The number of rotatable bonds is 7. The van der Waals surface area contributed by atoms with E-state index < -0.39 is 5.97 Å². The second kappa shape index (κ2) is 7.28. The summed E-state index contributed by atoms with van der Waals surface area (Å²) in [6.45, 7) is 5.09. The van der Waals surface area contributed by atoms with E-state index in [1.807, 2.05) is 32.2 Å². The van der Waals surface area contributed by atoms with Gasteiger partial charge in [0.25, 0.3) is 0 Å². The van der Waals surface area contributed by atoms with Crippen molar-refractivity contribution < 1.29 is 14.6 Å². The number of hydrogen-bond donors (Lipinski definition) is 2. The lowest BCUT2D eigenvalue weighted by atomic mass is 10.2. The summed E-state index contributed by atoms with van der Waals surface area (Å²) >= 11 is 1.43. The summed E-state index contributed by atoms with van der Waals surface area (Å²) in [5, 5.41) is 12.3. The topological polar surface area (TPSA) is 58.6 Å². The Morgan fingerprint density at radius 3 is 2.78 bits per heavy atom. The molecule has 5 heteroatoms. The molecule has 0 aromatic heterocycles. The van der Waals surface area contributed by atoms with E-state index in [2.05, 4.69) is 5.32 Å². The lowest BCUT2D eigenvalue weighted by Gasteiger charge is -2.13. The molecule has 100 valence electrons. The molecule has 0 unspecified atom stereocenters. The molecule has 4 nitrogen and oxygen atoms in total. The molecule has 1 rings (SSSR count). The van der Waals surface area contributed by atoms with E-state index in [1.54, 1.807) is 6.07 Å². The van der Waals surface area contributed by atoms with Crippen molar-refractivity contribution in [1.29, 1.82) is 0 Å². The fourth-order valence-corrected chi connectivity index (χ4v) is 2.17. The van der Waals surface area contributed by atoms with Gasteiger partial charge in [0.05, 0.1) is 18.3 Å². The number of carboxylic acids is 1. The van der Waals surface area contributed by atoms with E-state index in [4.69, 9.17) is 4.74 Å². The van der Waals surface area contributed by atoms with E-state index >= 15 is 0 Å². The minimum Gasteiger partial charge on any atom is -0.478 e. The largest absolute Gasteiger partial charge is 0.478 e. The monoisotopic (exact) mass is 269 g/mol. The standard InChI is InChI=1S/C13H19NO3S/c1-9(2)17-8-7-14-10-5-4-6-11(18-3)12(10)13(15)16/h4-6,9,14H,7-8H2,1-3H3,(H,15,16). The fraction of sp³-hybridized carbons (Fsp3) is 0.462. The molecule has 0 bridgehead atoms. The Labute approximate surface area is 112 Å². The van der Waals surface area contributed by atoms with Crippen LogP contribution in [0.4, 0.5) is 5.69 Å². The van der Waals surface area contributed by atoms with Crippen LogP contribution in [0.25, 0.3) is 0 Å². The molecule has 1 aromatic rings. The van der Waals surface area contributed by atoms with Crippen molar-refractivity contribution in [2.24, 2.45) is 0 Å². The summed E-state index contributed by atoms with van der Waals surface area (Å²) in [6.07, 6.45) is 2.05. The van der Waals surface area contributed by atoms with Gasteiger partial charge >= 0.3 is 5.97 Å². The molecule has 0 atom stereocenters. The van der Waals surface area contributed by atoms with E-state index in [0.717, 1.165) is 4.90 Å². The van der Waals surface area contributed by atoms with E-state index in [0.29, 0.717) is 24.4 Å². The van der Waals surface area contributed by atoms with Crippen molar-refractivity contribution in [3.05, 3.63) is 23.8 Å². The van der Waals surface area contributed by atoms with Crippen LogP contribution >= 0.6 is 11.8 Å². The molecule has 0 aliphatic heterocycles. The van der Waals surface area contributed by atoms with Gasteiger partial charge in [-0.3, -0.25) is 0 Å². The number of ether oxygens (including phenoxy) is 1. The zero-order valence-corrected chi connectivity index (χ0v) is 11.7. The molecular weight excluding hydrogens is 250 g/mol.